The minimum atomic E-state index is -0.0144. The topological polar surface area (TPSA) is 86.5 Å². The standard InChI is InChI=1S/C12H18N6O2/c1-2-8-19-12(4-1)20-9-3-7-13-10-5-6-11-14-16-17-18(11)15-10/h5-6,12H,1-4,7-9H2,(H,13,15)/t12-/m0/s1. The zero-order chi connectivity index (χ0) is 13.6. The second-order valence-corrected chi connectivity index (χ2v) is 4.69. The molecule has 0 radical (unpaired) electrons. The molecule has 0 aliphatic carbocycles. The third kappa shape index (κ3) is 3.40. The molecule has 1 saturated heterocycles. The van der Waals surface area contributed by atoms with Crippen molar-refractivity contribution in [3.8, 4) is 0 Å². The molecule has 1 fully saturated rings. The molecule has 3 heterocycles. The summed E-state index contributed by atoms with van der Waals surface area (Å²) >= 11 is 0. The Kier molecular flexibility index (Phi) is 4.34. The Hall–Kier alpha value is -1.80. The van der Waals surface area contributed by atoms with Crippen LogP contribution in [0.4, 0.5) is 5.82 Å². The van der Waals surface area contributed by atoms with E-state index in [1.54, 1.807) is 0 Å². The van der Waals surface area contributed by atoms with Crippen LogP contribution in [0.1, 0.15) is 25.7 Å². The number of aromatic nitrogens is 5. The SMILES string of the molecule is c1cc2nnnn2nc1NCCCO[C@H]1CCCCO1. The van der Waals surface area contributed by atoms with Crippen molar-refractivity contribution in [1.29, 1.82) is 0 Å². The van der Waals surface area contributed by atoms with Crippen molar-refractivity contribution >= 4 is 11.5 Å². The first-order chi connectivity index (χ1) is 9.92. The fraction of sp³-hybridized carbons (Fsp3) is 0.667. The summed E-state index contributed by atoms with van der Waals surface area (Å²) in [5.74, 6) is 0.749. The number of hydrogen-bond donors (Lipinski definition) is 1. The lowest BCUT2D eigenvalue weighted by molar-refractivity contribution is -0.162. The van der Waals surface area contributed by atoms with Gasteiger partial charge in [-0.1, -0.05) is 0 Å². The minimum absolute atomic E-state index is 0.0144. The number of tetrazole rings is 1. The highest BCUT2D eigenvalue weighted by Crippen LogP contribution is 2.13. The maximum Gasteiger partial charge on any atom is 0.200 e. The van der Waals surface area contributed by atoms with E-state index in [4.69, 9.17) is 9.47 Å². The molecule has 1 atom stereocenters. The van der Waals surface area contributed by atoms with Crippen molar-refractivity contribution in [1.82, 2.24) is 25.3 Å². The van der Waals surface area contributed by atoms with Crippen molar-refractivity contribution in [3.05, 3.63) is 12.1 Å². The normalized spacial score (nSPS) is 19.3. The van der Waals surface area contributed by atoms with Crippen molar-refractivity contribution in [2.24, 2.45) is 0 Å². The van der Waals surface area contributed by atoms with Gasteiger partial charge < -0.3 is 14.8 Å². The summed E-state index contributed by atoms with van der Waals surface area (Å²) < 4.78 is 12.6. The molecule has 2 aromatic heterocycles. The summed E-state index contributed by atoms with van der Waals surface area (Å²) in [6.45, 7) is 2.29. The lowest BCUT2D eigenvalue weighted by Crippen LogP contribution is -2.23. The first-order valence-electron chi connectivity index (χ1n) is 6.94. The van der Waals surface area contributed by atoms with E-state index >= 15 is 0 Å². The van der Waals surface area contributed by atoms with E-state index in [1.165, 1.54) is 11.1 Å². The predicted octanol–water partition coefficient (Wildman–Crippen LogP) is 0.864. The molecule has 20 heavy (non-hydrogen) atoms. The van der Waals surface area contributed by atoms with Gasteiger partial charge in [0, 0.05) is 13.2 Å². The molecule has 0 amide bonds. The Morgan fingerprint density at radius 1 is 1.40 bits per heavy atom. The van der Waals surface area contributed by atoms with Crippen LogP contribution in [0, 0.1) is 0 Å². The highest BCUT2D eigenvalue weighted by atomic mass is 16.7. The number of fused-ring (bicyclic) bond motifs is 1. The van der Waals surface area contributed by atoms with E-state index in [-0.39, 0.29) is 6.29 Å². The van der Waals surface area contributed by atoms with E-state index in [0.29, 0.717) is 12.3 Å². The van der Waals surface area contributed by atoms with Gasteiger partial charge in [0.15, 0.2) is 11.9 Å². The van der Waals surface area contributed by atoms with E-state index in [1.807, 2.05) is 12.1 Å². The second-order valence-electron chi connectivity index (χ2n) is 4.69. The monoisotopic (exact) mass is 278 g/mol. The summed E-state index contributed by atoms with van der Waals surface area (Å²) in [5.41, 5.74) is 0.633. The molecule has 1 N–H and O–H groups in total. The minimum Gasteiger partial charge on any atom is -0.368 e. The lowest BCUT2D eigenvalue weighted by Gasteiger charge is -2.22. The molecule has 2 aromatic rings. The average molecular weight is 278 g/mol. The summed E-state index contributed by atoms with van der Waals surface area (Å²) in [7, 11) is 0. The molecular formula is C12H18N6O2. The molecule has 0 spiro atoms. The Morgan fingerprint density at radius 3 is 3.30 bits per heavy atom. The predicted molar refractivity (Wildman–Crippen MR) is 71.2 cm³/mol. The van der Waals surface area contributed by atoms with Gasteiger partial charge in [0.05, 0.1) is 6.61 Å². The molecule has 0 saturated carbocycles. The molecule has 8 heteroatoms. The van der Waals surface area contributed by atoms with E-state index in [2.05, 4.69) is 25.9 Å². The zero-order valence-electron chi connectivity index (χ0n) is 11.2. The van der Waals surface area contributed by atoms with Gasteiger partial charge in [0.2, 0.25) is 0 Å². The number of hydrogen-bond acceptors (Lipinski definition) is 7. The Bertz CT molecular complexity index is 539. The lowest BCUT2D eigenvalue weighted by atomic mass is 10.2. The van der Waals surface area contributed by atoms with Gasteiger partial charge in [-0.05, 0) is 48.2 Å². The van der Waals surface area contributed by atoms with E-state index in [9.17, 15) is 0 Å². The Labute approximate surface area is 116 Å². The van der Waals surface area contributed by atoms with Gasteiger partial charge in [-0.3, -0.25) is 0 Å². The molecule has 108 valence electrons. The summed E-state index contributed by atoms with van der Waals surface area (Å²) in [6.07, 6.45) is 4.23. The van der Waals surface area contributed by atoms with Gasteiger partial charge in [-0.2, -0.15) is 0 Å². The molecular weight excluding hydrogens is 260 g/mol. The Balaban J connectivity index is 1.36. The number of rotatable bonds is 6. The first kappa shape index (κ1) is 13.2. The van der Waals surface area contributed by atoms with E-state index < -0.39 is 0 Å². The van der Waals surface area contributed by atoms with Crippen molar-refractivity contribution < 1.29 is 9.47 Å². The number of nitrogens with zero attached hydrogens (tertiary/aromatic N) is 5. The molecule has 3 rings (SSSR count). The van der Waals surface area contributed by atoms with Gasteiger partial charge in [-0.15, -0.1) is 14.8 Å². The highest BCUT2D eigenvalue weighted by Gasteiger charge is 2.13. The number of anilines is 1. The van der Waals surface area contributed by atoms with Crippen LogP contribution < -0.4 is 5.32 Å². The first-order valence-corrected chi connectivity index (χ1v) is 6.94. The number of ether oxygens (including phenoxy) is 2. The fourth-order valence-electron chi connectivity index (χ4n) is 2.09. The third-order valence-corrected chi connectivity index (χ3v) is 3.14. The Morgan fingerprint density at radius 2 is 2.40 bits per heavy atom. The van der Waals surface area contributed by atoms with Gasteiger partial charge in [0.25, 0.3) is 0 Å². The van der Waals surface area contributed by atoms with Crippen molar-refractivity contribution in [3.63, 3.8) is 0 Å². The van der Waals surface area contributed by atoms with Crippen LogP contribution >= 0.6 is 0 Å². The van der Waals surface area contributed by atoms with Gasteiger partial charge in [0.1, 0.15) is 5.82 Å². The van der Waals surface area contributed by atoms with Crippen LogP contribution in [0.15, 0.2) is 12.1 Å². The maximum absolute atomic E-state index is 5.66. The van der Waals surface area contributed by atoms with Crippen LogP contribution in [0.2, 0.25) is 0 Å². The molecule has 1 aliphatic heterocycles. The van der Waals surface area contributed by atoms with E-state index in [0.717, 1.165) is 38.2 Å². The van der Waals surface area contributed by atoms with Gasteiger partial charge >= 0.3 is 0 Å². The van der Waals surface area contributed by atoms with Crippen LogP contribution in [0.5, 0.6) is 0 Å². The largest absolute Gasteiger partial charge is 0.368 e. The molecule has 8 nitrogen and oxygen atoms in total. The fourth-order valence-corrected chi connectivity index (χ4v) is 2.09. The van der Waals surface area contributed by atoms with Crippen LogP contribution in [0.25, 0.3) is 5.65 Å². The summed E-state index contributed by atoms with van der Waals surface area (Å²) in [6, 6.07) is 3.68. The van der Waals surface area contributed by atoms with Crippen LogP contribution in [-0.2, 0) is 9.47 Å². The molecule has 0 aromatic carbocycles. The van der Waals surface area contributed by atoms with Crippen molar-refractivity contribution in [2.75, 3.05) is 25.1 Å². The molecule has 0 bridgehead atoms. The van der Waals surface area contributed by atoms with Crippen LogP contribution in [-0.4, -0.2) is 51.3 Å². The van der Waals surface area contributed by atoms with Crippen LogP contribution in [0.3, 0.4) is 0 Å². The number of nitrogens with one attached hydrogen (secondary N) is 1. The summed E-state index contributed by atoms with van der Waals surface area (Å²) in [4.78, 5) is 0. The smallest absolute Gasteiger partial charge is 0.200 e. The molecule has 0 unspecified atom stereocenters. The molecule has 1 aliphatic rings. The second kappa shape index (κ2) is 6.58. The third-order valence-electron chi connectivity index (χ3n) is 3.14. The maximum atomic E-state index is 5.66. The zero-order valence-corrected chi connectivity index (χ0v) is 11.2. The quantitative estimate of drug-likeness (QED) is 0.784. The van der Waals surface area contributed by atoms with Crippen molar-refractivity contribution in [2.45, 2.75) is 32.0 Å². The highest BCUT2D eigenvalue weighted by molar-refractivity contribution is 5.41. The average Bonchev–Trinajstić information content (AvgIpc) is 2.95. The van der Waals surface area contributed by atoms with Gasteiger partial charge in [-0.25, -0.2) is 0 Å². The summed E-state index contributed by atoms with van der Waals surface area (Å²) in [5, 5.41) is 18.5.